The highest BCUT2D eigenvalue weighted by Gasteiger charge is 2.28. The zero-order chi connectivity index (χ0) is 22.7. The van der Waals surface area contributed by atoms with Crippen LogP contribution in [0.4, 0.5) is 0 Å². The lowest BCUT2D eigenvalue weighted by Crippen LogP contribution is -2.12. The van der Waals surface area contributed by atoms with Gasteiger partial charge in [-0.05, 0) is 35.2 Å². The number of aromatic hydroxyl groups is 2. The van der Waals surface area contributed by atoms with Gasteiger partial charge in [0.1, 0.15) is 18.1 Å². The van der Waals surface area contributed by atoms with Crippen LogP contribution in [0.2, 0.25) is 0 Å². The first-order chi connectivity index (χ1) is 14.8. The number of benzene rings is 1. The predicted molar refractivity (Wildman–Crippen MR) is 115 cm³/mol. The van der Waals surface area contributed by atoms with E-state index in [0.29, 0.717) is 11.3 Å². The molecule has 0 spiro atoms. The van der Waals surface area contributed by atoms with E-state index in [-0.39, 0.29) is 23.0 Å². The zero-order valence-corrected chi connectivity index (χ0v) is 17.5. The Morgan fingerprint density at radius 3 is 2.10 bits per heavy atom. The van der Waals surface area contributed by atoms with E-state index in [2.05, 4.69) is 0 Å². The van der Waals surface area contributed by atoms with Crippen molar-refractivity contribution in [1.29, 1.82) is 0 Å². The van der Waals surface area contributed by atoms with E-state index in [1.807, 2.05) is 13.8 Å². The first-order valence-electron chi connectivity index (χ1n) is 9.74. The fourth-order valence-corrected chi connectivity index (χ4v) is 3.36. The molecule has 1 heterocycles. The Morgan fingerprint density at radius 1 is 0.903 bits per heavy atom. The molecular weight excluding hydrogens is 400 g/mol. The SMILES string of the molecule is COc1ccc(C(c2ccc(C(C)C)cc(=O)c2O)c2oc(CO)cc(=O)c2O)cc1. The van der Waals surface area contributed by atoms with E-state index < -0.39 is 34.9 Å². The quantitative estimate of drug-likeness (QED) is 0.556. The average molecular weight is 424 g/mol. The number of ether oxygens (including phenoxy) is 1. The van der Waals surface area contributed by atoms with Crippen LogP contribution < -0.4 is 15.6 Å². The third-order valence-electron chi connectivity index (χ3n) is 5.10. The summed E-state index contributed by atoms with van der Waals surface area (Å²) in [7, 11) is 1.52. The molecule has 0 aliphatic rings. The molecule has 0 fully saturated rings. The summed E-state index contributed by atoms with van der Waals surface area (Å²) in [6.45, 7) is 3.28. The Labute approximate surface area is 178 Å². The Kier molecular flexibility index (Phi) is 6.46. The number of hydrogen-bond acceptors (Lipinski definition) is 7. The van der Waals surface area contributed by atoms with Gasteiger partial charge in [-0.15, -0.1) is 0 Å². The van der Waals surface area contributed by atoms with E-state index in [1.54, 1.807) is 36.4 Å². The molecule has 2 aromatic carbocycles. The van der Waals surface area contributed by atoms with E-state index in [1.165, 1.54) is 13.2 Å². The fourth-order valence-electron chi connectivity index (χ4n) is 3.36. The highest BCUT2D eigenvalue weighted by molar-refractivity contribution is 5.50. The minimum absolute atomic E-state index is 0.0378. The monoisotopic (exact) mass is 424 g/mol. The maximum Gasteiger partial charge on any atom is 0.227 e. The third-order valence-corrected chi connectivity index (χ3v) is 5.10. The fraction of sp³-hybridized carbons (Fsp3) is 0.250. The predicted octanol–water partition coefficient (Wildman–Crippen LogP) is 3.22. The molecule has 7 heteroatoms. The molecule has 31 heavy (non-hydrogen) atoms. The number of hydrogen-bond donors (Lipinski definition) is 3. The largest absolute Gasteiger partial charge is 0.504 e. The molecule has 3 N–H and O–H groups in total. The van der Waals surface area contributed by atoms with Crippen molar-refractivity contribution in [2.24, 2.45) is 0 Å². The van der Waals surface area contributed by atoms with Crippen LogP contribution in [0.1, 0.15) is 53.9 Å². The second kappa shape index (κ2) is 9.06. The van der Waals surface area contributed by atoms with Crippen LogP contribution >= 0.6 is 0 Å². The Bertz CT molecular complexity index is 1190. The second-order valence-electron chi connectivity index (χ2n) is 7.45. The van der Waals surface area contributed by atoms with Crippen LogP contribution in [-0.2, 0) is 6.61 Å². The summed E-state index contributed by atoms with van der Waals surface area (Å²) < 4.78 is 10.8. The van der Waals surface area contributed by atoms with Crippen molar-refractivity contribution in [3.63, 3.8) is 0 Å². The summed E-state index contributed by atoms with van der Waals surface area (Å²) in [5, 5.41) is 30.7. The van der Waals surface area contributed by atoms with Gasteiger partial charge >= 0.3 is 0 Å². The molecule has 162 valence electrons. The van der Waals surface area contributed by atoms with Gasteiger partial charge in [-0.1, -0.05) is 38.1 Å². The van der Waals surface area contributed by atoms with Crippen LogP contribution in [0, 0.1) is 0 Å². The van der Waals surface area contributed by atoms with Crippen molar-refractivity contribution in [2.75, 3.05) is 7.11 Å². The maximum absolute atomic E-state index is 12.6. The van der Waals surface area contributed by atoms with Gasteiger partial charge in [-0.25, -0.2) is 0 Å². The third kappa shape index (κ3) is 4.46. The molecule has 0 aliphatic carbocycles. The van der Waals surface area contributed by atoms with Crippen molar-refractivity contribution in [2.45, 2.75) is 32.3 Å². The number of aliphatic hydroxyl groups is 1. The zero-order valence-electron chi connectivity index (χ0n) is 17.5. The molecule has 7 nitrogen and oxygen atoms in total. The van der Waals surface area contributed by atoms with E-state index in [0.717, 1.165) is 11.6 Å². The summed E-state index contributed by atoms with van der Waals surface area (Å²) >= 11 is 0. The van der Waals surface area contributed by atoms with Gasteiger partial charge in [0, 0.05) is 11.6 Å². The Balaban J connectivity index is 2.37. The molecule has 1 aromatic heterocycles. The van der Waals surface area contributed by atoms with Gasteiger partial charge in [-0.2, -0.15) is 0 Å². The molecule has 1 unspecified atom stereocenters. The molecular formula is C24H24O7. The van der Waals surface area contributed by atoms with Crippen LogP contribution in [0.25, 0.3) is 0 Å². The molecule has 1 atom stereocenters. The summed E-state index contributed by atoms with van der Waals surface area (Å²) in [6.07, 6.45) is 0. The normalized spacial score (nSPS) is 12.0. The molecule has 0 amide bonds. The van der Waals surface area contributed by atoms with Gasteiger partial charge in [0.25, 0.3) is 0 Å². The lowest BCUT2D eigenvalue weighted by atomic mass is 9.88. The highest BCUT2D eigenvalue weighted by atomic mass is 16.5. The minimum atomic E-state index is -0.995. The van der Waals surface area contributed by atoms with Crippen LogP contribution in [-0.4, -0.2) is 22.4 Å². The van der Waals surface area contributed by atoms with Crippen molar-refractivity contribution < 1.29 is 24.5 Å². The smallest absolute Gasteiger partial charge is 0.227 e. The van der Waals surface area contributed by atoms with Gasteiger partial charge in [0.05, 0.1) is 13.0 Å². The van der Waals surface area contributed by atoms with Gasteiger partial charge in [0.2, 0.25) is 16.6 Å². The van der Waals surface area contributed by atoms with Crippen molar-refractivity contribution >= 4 is 0 Å². The summed E-state index contributed by atoms with van der Waals surface area (Å²) in [5.74, 6) is -1.81. The van der Waals surface area contributed by atoms with Gasteiger partial charge in [-0.3, -0.25) is 9.59 Å². The molecule has 3 aromatic rings. The van der Waals surface area contributed by atoms with Crippen LogP contribution in [0.3, 0.4) is 0 Å². The van der Waals surface area contributed by atoms with Crippen molar-refractivity contribution in [3.05, 3.63) is 97.2 Å². The maximum atomic E-state index is 12.6. The molecule has 0 aliphatic heterocycles. The van der Waals surface area contributed by atoms with Crippen molar-refractivity contribution in [1.82, 2.24) is 0 Å². The second-order valence-corrected chi connectivity index (χ2v) is 7.45. The molecule has 3 rings (SSSR count). The van der Waals surface area contributed by atoms with E-state index in [4.69, 9.17) is 9.15 Å². The topological polar surface area (TPSA) is 117 Å². The molecule has 0 bridgehead atoms. The number of aliphatic hydroxyl groups excluding tert-OH is 1. The van der Waals surface area contributed by atoms with Crippen LogP contribution in [0.15, 0.2) is 62.5 Å². The standard InChI is InChI=1S/C24H24O7/c1-13(2)15-6-9-18(22(28)19(26)10-15)21(14-4-7-16(30-3)8-5-14)24-23(29)20(27)11-17(12-25)31-24/h4-11,13,21,25,29H,12H2,1-3H3,(H,26,28). The number of rotatable bonds is 6. The average Bonchev–Trinajstić information content (AvgIpc) is 2.91. The van der Waals surface area contributed by atoms with E-state index >= 15 is 0 Å². The van der Waals surface area contributed by atoms with Crippen LogP contribution in [0.5, 0.6) is 17.2 Å². The first kappa shape index (κ1) is 22.1. The minimum Gasteiger partial charge on any atom is -0.504 e. The Morgan fingerprint density at radius 2 is 1.52 bits per heavy atom. The van der Waals surface area contributed by atoms with Crippen molar-refractivity contribution in [3.8, 4) is 17.2 Å². The molecule has 0 saturated heterocycles. The lowest BCUT2D eigenvalue weighted by Gasteiger charge is -2.19. The lowest BCUT2D eigenvalue weighted by molar-refractivity contribution is 0.234. The highest BCUT2D eigenvalue weighted by Crippen LogP contribution is 2.39. The summed E-state index contributed by atoms with van der Waals surface area (Å²) in [5.41, 5.74) is 0.0583. The first-order valence-corrected chi connectivity index (χ1v) is 9.74. The number of methoxy groups -OCH3 is 1. The van der Waals surface area contributed by atoms with E-state index in [9.17, 15) is 24.9 Å². The van der Waals surface area contributed by atoms with Gasteiger partial charge < -0.3 is 24.5 Å². The molecule has 0 radical (unpaired) electrons. The molecule has 0 saturated carbocycles. The summed E-state index contributed by atoms with van der Waals surface area (Å²) in [4.78, 5) is 24.9. The summed E-state index contributed by atoms with van der Waals surface area (Å²) in [6, 6.07) is 12.3. The Hall–Kier alpha value is -3.58. The van der Waals surface area contributed by atoms with Gasteiger partial charge in [0.15, 0.2) is 11.5 Å².